The Hall–Kier alpha value is -0.940. The van der Waals surface area contributed by atoms with Gasteiger partial charge in [-0.15, -0.1) is 0 Å². The van der Waals surface area contributed by atoms with E-state index in [9.17, 15) is 4.79 Å². The maximum atomic E-state index is 12.0. The summed E-state index contributed by atoms with van der Waals surface area (Å²) in [6.45, 7) is 4.10. The maximum Gasteiger partial charge on any atom is 0.253 e. The predicted molar refractivity (Wildman–Crippen MR) is 78.2 cm³/mol. The second-order valence-corrected chi connectivity index (χ2v) is 5.74. The molecule has 0 bridgehead atoms. The van der Waals surface area contributed by atoms with Crippen LogP contribution in [-0.4, -0.2) is 28.4 Å². The number of halogens is 1. The van der Waals surface area contributed by atoms with Crippen molar-refractivity contribution in [2.24, 2.45) is 0 Å². The van der Waals surface area contributed by atoms with Crippen molar-refractivity contribution in [2.45, 2.75) is 26.3 Å². The van der Waals surface area contributed by atoms with Crippen molar-refractivity contribution in [1.29, 1.82) is 0 Å². The van der Waals surface area contributed by atoms with Crippen molar-refractivity contribution in [2.75, 3.05) is 17.2 Å². The van der Waals surface area contributed by atoms with Gasteiger partial charge in [-0.3, -0.25) is 4.79 Å². The Morgan fingerprint density at radius 3 is 3.06 bits per heavy atom. The maximum absolute atomic E-state index is 12.0. The monoisotopic (exact) mass is 287 g/mol. The average molecular weight is 288 g/mol. The van der Waals surface area contributed by atoms with E-state index in [2.05, 4.69) is 17.2 Å². The summed E-state index contributed by atoms with van der Waals surface area (Å²) in [5, 5.41) is 3.17. The number of carbonyl (C=O) groups is 1. The smallest absolute Gasteiger partial charge is 0.253 e. The summed E-state index contributed by atoms with van der Waals surface area (Å²) in [4.78, 5) is 15.8. The fourth-order valence-corrected chi connectivity index (χ4v) is 2.38. The van der Waals surface area contributed by atoms with Gasteiger partial charge >= 0.3 is 0 Å². The first kappa shape index (κ1) is 15.1. The van der Waals surface area contributed by atoms with E-state index < -0.39 is 0 Å². The second-order valence-electron chi connectivity index (χ2n) is 3.95. The van der Waals surface area contributed by atoms with Gasteiger partial charge in [-0.2, -0.15) is 11.8 Å². The molecule has 0 aliphatic carbocycles. The number of nitrogens with two attached hydrogens (primary N) is 1. The number of nitrogens with zero attached hydrogens (tertiary/aromatic N) is 1. The van der Waals surface area contributed by atoms with Gasteiger partial charge in [0.2, 0.25) is 0 Å². The summed E-state index contributed by atoms with van der Waals surface area (Å²) in [6, 6.07) is 1.60. The van der Waals surface area contributed by atoms with Crippen molar-refractivity contribution >= 4 is 35.0 Å². The van der Waals surface area contributed by atoms with E-state index >= 15 is 0 Å². The van der Waals surface area contributed by atoms with Gasteiger partial charge in [-0.25, -0.2) is 4.98 Å². The lowest BCUT2D eigenvalue weighted by atomic mass is 10.2. The first-order valence-electron chi connectivity index (χ1n) is 5.84. The number of thioether (sulfide) groups is 1. The molecule has 1 aromatic heterocycles. The second kappa shape index (κ2) is 7.48. The molecule has 0 aliphatic heterocycles. The first-order chi connectivity index (χ1) is 8.54. The Labute approximate surface area is 117 Å². The molecule has 0 aromatic carbocycles. The SMILES string of the molecule is CCSCCC(C)NC(=O)c1cc(Cl)ncc1N. The Kier molecular flexibility index (Phi) is 6.29. The van der Waals surface area contributed by atoms with Crippen LogP contribution >= 0.6 is 23.4 Å². The molecule has 0 fully saturated rings. The zero-order valence-electron chi connectivity index (χ0n) is 10.6. The van der Waals surface area contributed by atoms with E-state index in [1.54, 1.807) is 0 Å². The van der Waals surface area contributed by atoms with Crippen LogP contribution in [0.2, 0.25) is 5.15 Å². The zero-order chi connectivity index (χ0) is 13.5. The Bertz CT molecular complexity index is 414. The van der Waals surface area contributed by atoms with Gasteiger partial charge in [0, 0.05) is 6.04 Å². The van der Waals surface area contributed by atoms with Crippen molar-refractivity contribution in [1.82, 2.24) is 10.3 Å². The van der Waals surface area contributed by atoms with Gasteiger partial charge in [-0.1, -0.05) is 18.5 Å². The van der Waals surface area contributed by atoms with Gasteiger partial charge in [-0.05, 0) is 30.9 Å². The number of carbonyl (C=O) groups excluding carboxylic acids is 1. The average Bonchev–Trinajstić information content (AvgIpc) is 2.32. The number of nitrogens with one attached hydrogen (secondary N) is 1. The third-order valence-corrected chi connectivity index (χ3v) is 3.56. The Morgan fingerprint density at radius 1 is 1.67 bits per heavy atom. The third kappa shape index (κ3) is 4.74. The van der Waals surface area contributed by atoms with Crippen molar-refractivity contribution in [3.8, 4) is 0 Å². The molecule has 0 spiro atoms. The van der Waals surface area contributed by atoms with Crippen LogP contribution in [0.25, 0.3) is 0 Å². The molecular weight excluding hydrogens is 270 g/mol. The van der Waals surface area contributed by atoms with Crippen LogP contribution < -0.4 is 11.1 Å². The first-order valence-corrected chi connectivity index (χ1v) is 7.37. The van der Waals surface area contributed by atoms with Crippen molar-refractivity contribution < 1.29 is 4.79 Å². The van der Waals surface area contributed by atoms with Crippen LogP contribution in [0.1, 0.15) is 30.6 Å². The van der Waals surface area contributed by atoms with E-state index in [1.807, 2.05) is 18.7 Å². The van der Waals surface area contributed by atoms with Gasteiger partial charge in [0.1, 0.15) is 5.15 Å². The molecule has 4 nitrogen and oxygen atoms in total. The fourth-order valence-electron chi connectivity index (χ4n) is 1.42. The highest BCUT2D eigenvalue weighted by Gasteiger charge is 2.13. The molecule has 1 aromatic rings. The summed E-state index contributed by atoms with van der Waals surface area (Å²) >= 11 is 7.61. The molecule has 1 unspecified atom stereocenters. The minimum atomic E-state index is -0.203. The Balaban J connectivity index is 2.56. The highest BCUT2D eigenvalue weighted by molar-refractivity contribution is 7.99. The lowest BCUT2D eigenvalue weighted by molar-refractivity contribution is 0.0940. The lowest BCUT2D eigenvalue weighted by Gasteiger charge is -2.14. The quantitative estimate of drug-likeness (QED) is 0.623. The van der Waals surface area contributed by atoms with Gasteiger partial charge in [0.05, 0.1) is 17.4 Å². The third-order valence-electron chi connectivity index (χ3n) is 2.42. The number of nitrogen functional groups attached to an aromatic ring is 1. The van der Waals surface area contributed by atoms with E-state index in [-0.39, 0.29) is 17.1 Å². The van der Waals surface area contributed by atoms with Crippen LogP contribution in [0.15, 0.2) is 12.3 Å². The van der Waals surface area contributed by atoms with E-state index in [1.165, 1.54) is 12.3 Å². The van der Waals surface area contributed by atoms with E-state index in [0.717, 1.165) is 17.9 Å². The number of aromatic nitrogens is 1. The Morgan fingerprint density at radius 2 is 2.39 bits per heavy atom. The van der Waals surface area contributed by atoms with Crippen LogP contribution in [0.4, 0.5) is 5.69 Å². The molecule has 1 rings (SSSR count). The predicted octanol–water partition coefficient (Wildman–Crippen LogP) is 2.58. The highest BCUT2D eigenvalue weighted by Crippen LogP contribution is 2.15. The van der Waals surface area contributed by atoms with Gasteiger partial charge in [0.15, 0.2) is 0 Å². The van der Waals surface area contributed by atoms with Crippen molar-refractivity contribution in [3.63, 3.8) is 0 Å². The number of pyridine rings is 1. The number of hydrogen-bond acceptors (Lipinski definition) is 4. The molecule has 6 heteroatoms. The van der Waals surface area contributed by atoms with E-state index in [4.69, 9.17) is 17.3 Å². The highest BCUT2D eigenvalue weighted by atomic mass is 35.5. The van der Waals surface area contributed by atoms with Crippen LogP contribution in [0.5, 0.6) is 0 Å². The molecule has 1 amide bonds. The topological polar surface area (TPSA) is 68.0 Å². The summed E-state index contributed by atoms with van der Waals surface area (Å²) in [5.41, 5.74) is 6.42. The molecule has 3 N–H and O–H groups in total. The van der Waals surface area contributed by atoms with Gasteiger partial charge in [0.25, 0.3) is 5.91 Å². The molecule has 0 aliphatic rings. The minimum Gasteiger partial charge on any atom is -0.397 e. The zero-order valence-corrected chi connectivity index (χ0v) is 12.1. The molecule has 1 heterocycles. The summed E-state index contributed by atoms with van der Waals surface area (Å²) in [5.74, 6) is 1.92. The molecule has 0 saturated carbocycles. The molecule has 18 heavy (non-hydrogen) atoms. The molecule has 0 saturated heterocycles. The number of anilines is 1. The molecule has 100 valence electrons. The standard InChI is InChI=1S/C12H18ClN3OS/c1-3-18-5-4-8(2)16-12(17)9-6-11(13)15-7-10(9)14/h6-8H,3-5,14H2,1-2H3,(H,16,17). The minimum absolute atomic E-state index is 0.114. The van der Waals surface area contributed by atoms with Crippen LogP contribution in [0.3, 0.4) is 0 Å². The fraction of sp³-hybridized carbons (Fsp3) is 0.500. The van der Waals surface area contributed by atoms with Crippen molar-refractivity contribution in [3.05, 3.63) is 23.0 Å². The van der Waals surface area contributed by atoms with Crippen LogP contribution in [-0.2, 0) is 0 Å². The van der Waals surface area contributed by atoms with Crippen LogP contribution in [0, 0.1) is 0 Å². The summed E-state index contributed by atoms with van der Waals surface area (Å²) < 4.78 is 0. The summed E-state index contributed by atoms with van der Waals surface area (Å²) in [7, 11) is 0. The van der Waals surface area contributed by atoms with Gasteiger partial charge < -0.3 is 11.1 Å². The number of hydrogen-bond donors (Lipinski definition) is 2. The molecule has 0 radical (unpaired) electrons. The normalized spacial score (nSPS) is 12.2. The number of amides is 1. The van der Waals surface area contributed by atoms with E-state index in [0.29, 0.717) is 11.3 Å². The summed E-state index contributed by atoms with van der Waals surface area (Å²) in [6.07, 6.45) is 2.33. The molecular formula is C12H18ClN3OS. The molecule has 1 atom stereocenters. The number of rotatable bonds is 6. The lowest BCUT2D eigenvalue weighted by Crippen LogP contribution is -2.33. The largest absolute Gasteiger partial charge is 0.397 e.